The Hall–Kier alpha value is -1.23. The second-order valence-electron chi connectivity index (χ2n) is 3.62. The van der Waals surface area contributed by atoms with E-state index in [0.29, 0.717) is 6.42 Å². The third-order valence-corrected chi connectivity index (χ3v) is 2.36. The molecule has 94 valence electrons. The molecule has 0 aliphatic heterocycles. The Labute approximate surface area is 103 Å². The van der Waals surface area contributed by atoms with E-state index in [1.807, 2.05) is 6.92 Å². The number of anilines is 1. The van der Waals surface area contributed by atoms with E-state index in [2.05, 4.69) is 16.9 Å². The lowest BCUT2D eigenvalue weighted by atomic mass is 10.2. The molecule has 1 aromatic heterocycles. The molecule has 0 spiro atoms. The van der Waals surface area contributed by atoms with E-state index in [0.717, 1.165) is 12.3 Å². The van der Waals surface area contributed by atoms with E-state index >= 15 is 0 Å². The molecule has 1 heterocycles. The first-order valence-corrected chi connectivity index (χ1v) is 5.32. The summed E-state index contributed by atoms with van der Waals surface area (Å²) >= 11 is 5.73. The molecular weight excluding hydrogens is 253 g/mol. The second-order valence-corrected chi connectivity index (χ2v) is 4.03. The fourth-order valence-corrected chi connectivity index (χ4v) is 1.46. The number of nitrogens with one attached hydrogen (secondary N) is 1. The predicted molar refractivity (Wildman–Crippen MR) is 62.1 cm³/mol. The second kappa shape index (κ2) is 5.40. The van der Waals surface area contributed by atoms with Crippen LogP contribution in [-0.2, 0) is 6.18 Å². The monoisotopic (exact) mass is 264 g/mol. The lowest BCUT2D eigenvalue weighted by Gasteiger charge is -2.14. The van der Waals surface area contributed by atoms with Crippen LogP contribution in [0.5, 0.6) is 0 Å². The molecule has 0 aromatic carbocycles. The molecule has 2 nitrogen and oxygen atoms in total. The highest BCUT2D eigenvalue weighted by Crippen LogP contribution is 2.32. The van der Waals surface area contributed by atoms with Crippen molar-refractivity contribution in [1.29, 1.82) is 0 Å². The highest BCUT2D eigenvalue weighted by Gasteiger charge is 2.31. The Morgan fingerprint density at radius 1 is 1.59 bits per heavy atom. The van der Waals surface area contributed by atoms with Crippen molar-refractivity contribution >= 4 is 17.4 Å². The van der Waals surface area contributed by atoms with Crippen LogP contribution in [0.3, 0.4) is 0 Å². The van der Waals surface area contributed by atoms with Crippen molar-refractivity contribution in [3.8, 4) is 0 Å². The summed E-state index contributed by atoms with van der Waals surface area (Å²) in [6, 6.07) is 0.867. The van der Waals surface area contributed by atoms with Gasteiger partial charge >= 0.3 is 6.18 Å². The summed E-state index contributed by atoms with van der Waals surface area (Å²) in [5, 5.41) is 2.86. The lowest BCUT2D eigenvalue weighted by Crippen LogP contribution is -2.16. The minimum absolute atomic E-state index is 0.00855. The zero-order valence-electron chi connectivity index (χ0n) is 9.18. The van der Waals surface area contributed by atoms with Gasteiger partial charge in [0.1, 0.15) is 5.82 Å². The topological polar surface area (TPSA) is 24.9 Å². The van der Waals surface area contributed by atoms with Crippen LogP contribution in [0, 0.1) is 0 Å². The first-order chi connectivity index (χ1) is 7.84. The number of halogens is 4. The van der Waals surface area contributed by atoms with Crippen molar-refractivity contribution in [1.82, 2.24) is 4.98 Å². The molecular formula is C11H12ClF3N2. The first kappa shape index (κ1) is 13.8. The highest BCUT2D eigenvalue weighted by atomic mass is 35.5. The Morgan fingerprint density at radius 2 is 2.24 bits per heavy atom. The maximum atomic E-state index is 12.4. The van der Waals surface area contributed by atoms with E-state index in [1.54, 1.807) is 6.08 Å². The van der Waals surface area contributed by atoms with Gasteiger partial charge in [-0.25, -0.2) is 4.98 Å². The molecule has 0 radical (unpaired) electrons. The molecule has 1 atom stereocenters. The number of hydrogen-bond donors (Lipinski definition) is 1. The summed E-state index contributed by atoms with van der Waals surface area (Å²) in [6.07, 6.45) is -1.30. The van der Waals surface area contributed by atoms with Gasteiger partial charge in [-0.2, -0.15) is 13.2 Å². The average molecular weight is 265 g/mol. The van der Waals surface area contributed by atoms with Gasteiger partial charge in [0.15, 0.2) is 0 Å². The standard InChI is InChI=1S/C11H12ClF3N2/c1-3-4-7(2)17-10-9(12)5-8(6-16-10)11(13,14)15/h3,5-7H,1,4H2,2H3,(H,16,17). The number of nitrogens with zero attached hydrogens (tertiary/aromatic N) is 1. The van der Waals surface area contributed by atoms with Crippen molar-refractivity contribution in [2.45, 2.75) is 25.6 Å². The van der Waals surface area contributed by atoms with Crippen molar-refractivity contribution in [2.75, 3.05) is 5.32 Å². The molecule has 0 bridgehead atoms. The predicted octanol–water partition coefficient (Wildman–Crippen LogP) is 4.13. The fraction of sp³-hybridized carbons (Fsp3) is 0.364. The maximum absolute atomic E-state index is 12.4. The largest absolute Gasteiger partial charge is 0.417 e. The number of alkyl halides is 3. The SMILES string of the molecule is C=CCC(C)Nc1ncc(C(F)(F)F)cc1Cl. The van der Waals surface area contributed by atoms with Gasteiger partial charge in [-0.1, -0.05) is 17.7 Å². The summed E-state index contributed by atoms with van der Waals surface area (Å²) in [4.78, 5) is 3.67. The molecule has 1 N–H and O–H groups in total. The molecule has 0 amide bonds. The summed E-state index contributed by atoms with van der Waals surface area (Å²) in [6.45, 7) is 5.43. The van der Waals surface area contributed by atoms with E-state index in [1.165, 1.54) is 0 Å². The third-order valence-electron chi connectivity index (χ3n) is 2.07. The first-order valence-electron chi connectivity index (χ1n) is 4.94. The van der Waals surface area contributed by atoms with Crippen LogP contribution in [0.2, 0.25) is 5.02 Å². The number of hydrogen-bond acceptors (Lipinski definition) is 2. The Morgan fingerprint density at radius 3 is 2.71 bits per heavy atom. The number of rotatable bonds is 4. The van der Waals surface area contributed by atoms with Crippen LogP contribution in [0.1, 0.15) is 18.9 Å². The van der Waals surface area contributed by atoms with Gasteiger partial charge in [-0.15, -0.1) is 6.58 Å². The average Bonchev–Trinajstić information content (AvgIpc) is 2.20. The zero-order chi connectivity index (χ0) is 13.1. The van der Waals surface area contributed by atoms with Crippen LogP contribution in [0.15, 0.2) is 24.9 Å². The van der Waals surface area contributed by atoms with Crippen molar-refractivity contribution in [2.24, 2.45) is 0 Å². The van der Waals surface area contributed by atoms with Crippen LogP contribution >= 0.6 is 11.6 Å². The van der Waals surface area contributed by atoms with Crippen LogP contribution in [0.4, 0.5) is 19.0 Å². The molecule has 6 heteroatoms. The van der Waals surface area contributed by atoms with Crippen molar-refractivity contribution < 1.29 is 13.2 Å². The van der Waals surface area contributed by atoms with Gasteiger partial charge in [-0.3, -0.25) is 0 Å². The van der Waals surface area contributed by atoms with Crippen LogP contribution in [0.25, 0.3) is 0 Å². The molecule has 0 aliphatic rings. The van der Waals surface area contributed by atoms with Crippen LogP contribution in [-0.4, -0.2) is 11.0 Å². The fourth-order valence-electron chi connectivity index (χ4n) is 1.24. The molecule has 0 fully saturated rings. The van der Waals surface area contributed by atoms with Gasteiger partial charge in [0.2, 0.25) is 0 Å². The molecule has 1 aromatic rings. The quantitative estimate of drug-likeness (QED) is 0.827. The minimum atomic E-state index is -4.43. The Bertz CT molecular complexity index is 404. The van der Waals surface area contributed by atoms with E-state index < -0.39 is 11.7 Å². The number of pyridine rings is 1. The normalized spacial score (nSPS) is 13.2. The van der Waals surface area contributed by atoms with E-state index in [4.69, 9.17) is 11.6 Å². The summed E-state index contributed by atoms with van der Waals surface area (Å²) in [7, 11) is 0. The lowest BCUT2D eigenvalue weighted by molar-refractivity contribution is -0.137. The molecule has 17 heavy (non-hydrogen) atoms. The van der Waals surface area contributed by atoms with E-state index in [-0.39, 0.29) is 16.9 Å². The molecule has 0 saturated carbocycles. The Balaban J connectivity index is 2.87. The van der Waals surface area contributed by atoms with Gasteiger partial charge in [0, 0.05) is 12.2 Å². The van der Waals surface area contributed by atoms with Gasteiger partial charge in [-0.05, 0) is 19.4 Å². The molecule has 1 rings (SSSR count). The van der Waals surface area contributed by atoms with Gasteiger partial charge in [0.25, 0.3) is 0 Å². The van der Waals surface area contributed by atoms with Gasteiger partial charge in [0.05, 0.1) is 10.6 Å². The smallest absolute Gasteiger partial charge is 0.366 e. The Kier molecular flexibility index (Phi) is 4.40. The summed E-state index contributed by atoms with van der Waals surface area (Å²) in [5.74, 6) is 0.244. The number of aromatic nitrogens is 1. The molecule has 0 saturated heterocycles. The summed E-state index contributed by atoms with van der Waals surface area (Å²) < 4.78 is 37.1. The zero-order valence-corrected chi connectivity index (χ0v) is 9.94. The molecule has 0 aliphatic carbocycles. The van der Waals surface area contributed by atoms with E-state index in [9.17, 15) is 13.2 Å². The maximum Gasteiger partial charge on any atom is 0.417 e. The summed E-state index contributed by atoms with van der Waals surface area (Å²) in [5.41, 5.74) is -0.857. The van der Waals surface area contributed by atoms with Crippen LogP contribution < -0.4 is 5.32 Å². The van der Waals surface area contributed by atoms with Crippen molar-refractivity contribution in [3.05, 3.63) is 35.5 Å². The third kappa shape index (κ3) is 3.93. The molecule has 1 unspecified atom stereocenters. The van der Waals surface area contributed by atoms with Crippen molar-refractivity contribution in [3.63, 3.8) is 0 Å². The van der Waals surface area contributed by atoms with Gasteiger partial charge < -0.3 is 5.32 Å². The highest BCUT2D eigenvalue weighted by molar-refractivity contribution is 6.32. The minimum Gasteiger partial charge on any atom is -0.366 e.